The van der Waals surface area contributed by atoms with Gasteiger partial charge >= 0.3 is 12.1 Å². The minimum atomic E-state index is -0.534. The van der Waals surface area contributed by atoms with E-state index in [1.54, 1.807) is 25.3 Å². The van der Waals surface area contributed by atoms with Crippen LogP contribution in [0.15, 0.2) is 30.3 Å². The first-order valence-electron chi connectivity index (χ1n) is 10.6. The van der Waals surface area contributed by atoms with Crippen LogP contribution in [0.4, 0.5) is 4.79 Å². The maximum absolute atomic E-state index is 12.1. The Morgan fingerprint density at radius 3 is 2.56 bits per heavy atom. The summed E-state index contributed by atoms with van der Waals surface area (Å²) in [6.07, 6.45) is 4.92. The zero-order valence-electron chi connectivity index (χ0n) is 19.1. The zero-order chi connectivity index (χ0) is 23.3. The minimum Gasteiger partial charge on any atom is -0.481 e. The van der Waals surface area contributed by atoms with E-state index in [2.05, 4.69) is 10.3 Å². The van der Waals surface area contributed by atoms with Crippen molar-refractivity contribution in [1.82, 2.24) is 10.3 Å². The third kappa shape index (κ3) is 5.97. The van der Waals surface area contributed by atoms with Crippen LogP contribution in [0.5, 0.6) is 5.88 Å². The minimum absolute atomic E-state index is 0.0828. The van der Waals surface area contributed by atoms with Crippen LogP contribution in [0, 0.1) is 0 Å². The quantitative estimate of drug-likeness (QED) is 0.696. The number of benzene rings is 1. The molecule has 8 nitrogen and oxygen atoms in total. The lowest BCUT2D eigenvalue weighted by molar-refractivity contribution is 0.0136. The summed E-state index contributed by atoms with van der Waals surface area (Å²) in [6.45, 7) is 5.90. The second-order valence-electron chi connectivity index (χ2n) is 8.60. The summed E-state index contributed by atoms with van der Waals surface area (Å²) in [5.74, 6) is 0.0378. The summed E-state index contributed by atoms with van der Waals surface area (Å²) in [5.41, 5.74) is 1.39. The molecule has 0 radical (unpaired) electrons. The summed E-state index contributed by atoms with van der Waals surface area (Å²) in [4.78, 5) is 28.6. The number of alkyl carbamates (subject to hydrolysis) is 1. The Labute approximate surface area is 187 Å². The predicted molar refractivity (Wildman–Crippen MR) is 121 cm³/mol. The van der Waals surface area contributed by atoms with Crippen molar-refractivity contribution in [3.8, 4) is 5.88 Å². The molecule has 1 amide bonds. The van der Waals surface area contributed by atoms with Gasteiger partial charge in [-0.1, -0.05) is 18.2 Å². The molecule has 1 saturated heterocycles. The van der Waals surface area contributed by atoms with Gasteiger partial charge in [-0.15, -0.1) is 0 Å². The molecule has 1 aromatic heterocycles. The second-order valence-corrected chi connectivity index (χ2v) is 8.60. The van der Waals surface area contributed by atoms with Crippen LogP contribution in [-0.4, -0.2) is 55.6 Å². The summed E-state index contributed by atoms with van der Waals surface area (Å²) in [6, 6.07) is 6.98. The molecule has 1 aliphatic rings. The van der Waals surface area contributed by atoms with E-state index in [4.69, 9.17) is 18.9 Å². The van der Waals surface area contributed by atoms with Gasteiger partial charge in [0.25, 0.3) is 0 Å². The molecule has 3 rings (SSSR count). The maximum atomic E-state index is 12.1. The van der Waals surface area contributed by atoms with Crippen molar-refractivity contribution in [2.45, 2.75) is 51.4 Å². The molecule has 0 saturated carbocycles. The monoisotopic (exact) mass is 442 g/mol. The van der Waals surface area contributed by atoms with Crippen LogP contribution >= 0.6 is 0 Å². The highest BCUT2D eigenvalue weighted by Gasteiger charge is 2.24. The Kier molecular flexibility index (Phi) is 7.35. The summed E-state index contributed by atoms with van der Waals surface area (Å²) in [7, 11) is 2.90. The zero-order valence-corrected chi connectivity index (χ0v) is 19.1. The number of carbonyl (C=O) groups excluding carboxylic acids is 2. The molecule has 0 spiro atoms. The van der Waals surface area contributed by atoms with Crippen molar-refractivity contribution in [2.24, 2.45) is 0 Å². The third-order valence-electron chi connectivity index (χ3n) is 5.00. The van der Waals surface area contributed by atoms with Crippen LogP contribution in [0.2, 0.25) is 0 Å². The number of rotatable bonds is 5. The largest absolute Gasteiger partial charge is 0.481 e. The molecular formula is C24H30N2O6. The number of methoxy groups -OCH3 is 2. The van der Waals surface area contributed by atoms with Crippen LogP contribution in [0.3, 0.4) is 0 Å². The Morgan fingerprint density at radius 1 is 1.16 bits per heavy atom. The van der Waals surface area contributed by atoms with Gasteiger partial charge in [-0.25, -0.2) is 14.6 Å². The number of pyridine rings is 1. The molecule has 0 unspecified atom stereocenters. The number of amides is 1. The summed E-state index contributed by atoms with van der Waals surface area (Å²) < 4.78 is 21.3. The van der Waals surface area contributed by atoms with E-state index in [1.807, 2.05) is 39.0 Å². The van der Waals surface area contributed by atoms with E-state index in [0.717, 1.165) is 18.4 Å². The van der Waals surface area contributed by atoms with Gasteiger partial charge in [-0.3, -0.25) is 0 Å². The lowest BCUT2D eigenvalue weighted by Crippen LogP contribution is -2.44. The number of hydrogen-bond donors (Lipinski definition) is 1. The van der Waals surface area contributed by atoms with Crippen LogP contribution in [-0.2, 0) is 14.2 Å². The lowest BCUT2D eigenvalue weighted by Gasteiger charge is -2.29. The molecule has 2 heterocycles. The van der Waals surface area contributed by atoms with Gasteiger partial charge in [-0.2, -0.15) is 0 Å². The number of nitrogens with one attached hydrogen (secondary N) is 1. The molecule has 1 aliphatic heterocycles. The average Bonchev–Trinajstić information content (AvgIpc) is 2.76. The fraction of sp³-hybridized carbons (Fsp3) is 0.458. The van der Waals surface area contributed by atoms with Crippen molar-refractivity contribution >= 4 is 29.0 Å². The highest BCUT2D eigenvalue weighted by Crippen LogP contribution is 2.26. The van der Waals surface area contributed by atoms with Gasteiger partial charge < -0.3 is 24.3 Å². The van der Waals surface area contributed by atoms with Crippen molar-refractivity contribution in [3.05, 3.63) is 41.5 Å². The van der Waals surface area contributed by atoms with Crippen LogP contribution in [0.1, 0.15) is 49.5 Å². The van der Waals surface area contributed by atoms with Gasteiger partial charge in [0.2, 0.25) is 5.88 Å². The van der Waals surface area contributed by atoms with Gasteiger partial charge in [0.15, 0.2) is 0 Å². The van der Waals surface area contributed by atoms with Crippen molar-refractivity contribution in [2.75, 3.05) is 20.8 Å². The number of fused-ring (bicyclic) bond motifs is 1. The van der Waals surface area contributed by atoms with E-state index >= 15 is 0 Å². The molecule has 172 valence electrons. The predicted octanol–water partition coefficient (Wildman–Crippen LogP) is 4.12. The molecule has 0 aliphatic carbocycles. The first-order chi connectivity index (χ1) is 15.2. The van der Waals surface area contributed by atoms with E-state index in [-0.39, 0.29) is 12.1 Å². The van der Waals surface area contributed by atoms with Crippen molar-refractivity contribution in [1.29, 1.82) is 0 Å². The first kappa shape index (κ1) is 23.5. The molecule has 1 fully saturated rings. The molecule has 2 atom stereocenters. The molecule has 2 aromatic rings. The standard InChI is InChI=1S/C24H30N2O6/c1-24(2,3)32-23(28)25-16-8-10-17(31-14-16)9-6-15-7-11-19(22(27)30-5)18-12-13-20(29-4)26-21(15)18/h6-7,9,11-13,16-17H,8,10,14H2,1-5H3,(H,25,28)/t16-,17-/m1/s1. The SMILES string of the molecule is COC(=O)c1ccc(C=C[C@@H]2CC[C@@H](NC(=O)OC(C)(C)C)CO2)c2nc(OC)ccc12. The van der Waals surface area contributed by atoms with Gasteiger partial charge in [0.05, 0.1) is 44.1 Å². The number of ether oxygens (including phenoxy) is 4. The average molecular weight is 443 g/mol. The van der Waals surface area contributed by atoms with Gasteiger partial charge in [0.1, 0.15) is 5.60 Å². The molecular weight excluding hydrogens is 412 g/mol. The Hall–Kier alpha value is -3.13. The molecule has 1 N–H and O–H groups in total. The lowest BCUT2D eigenvalue weighted by atomic mass is 10.0. The number of nitrogens with zero attached hydrogens (tertiary/aromatic N) is 1. The highest BCUT2D eigenvalue weighted by molar-refractivity contribution is 6.05. The Bertz CT molecular complexity index is 1000. The van der Waals surface area contributed by atoms with Crippen molar-refractivity contribution < 1.29 is 28.5 Å². The normalized spacial score (nSPS) is 19.0. The third-order valence-corrected chi connectivity index (χ3v) is 5.00. The van der Waals surface area contributed by atoms with Crippen molar-refractivity contribution in [3.63, 3.8) is 0 Å². The number of hydrogen-bond acceptors (Lipinski definition) is 7. The van der Waals surface area contributed by atoms with E-state index < -0.39 is 17.7 Å². The molecule has 0 bridgehead atoms. The first-order valence-corrected chi connectivity index (χ1v) is 10.6. The van der Waals surface area contributed by atoms with Crippen LogP contribution < -0.4 is 10.1 Å². The molecule has 1 aromatic carbocycles. The topological polar surface area (TPSA) is 96.0 Å². The smallest absolute Gasteiger partial charge is 0.407 e. The Morgan fingerprint density at radius 2 is 1.94 bits per heavy atom. The molecule has 8 heteroatoms. The number of aromatic nitrogens is 1. The summed E-state index contributed by atoms with van der Waals surface area (Å²) in [5, 5.41) is 3.54. The molecule has 32 heavy (non-hydrogen) atoms. The Balaban J connectivity index is 1.70. The fourth-order valence-electron chi connectivity index (χ4n) is 3.48. The number of esters is 1. The highest BCUT2D eigenvalue weighted by atomic mass is 16.6. The van der Waals surface area contributed by atoms with Gasteiger partial charge in [-0.05, 0) is 45.7 Å². The van der Waals surface area contributed by atoms with Crippen LogP contribution in [0.25, 0.3) is 17.0 Å². The second kappa shape index (κ2) is 9.99. The van der Waals surface area contributed by atoms with E-state index in [0.29, 0.717) is 29.0 Å². The van der Waals surface area contributed by atoms with E-state index in [1.165, 1.54) is 7.11 Å². The summed E-state index contributed by atoms with van der Waals surface area (Å²) >= 11 is 0. The fourth-order valence-corrected chi connectivity index (χ4v) is 3.48. The van der Waals surface area contributed by atoms with Gasteiger partial charge in [0, 0.05) is 17.0 Å². The van der Waals surface area contributed by atoms with E-state index in [9.17, 15) is 9.59 Å². The maximum Gasteiger partial charge on any atom is 0.407 e. The number of carbonyl (C=O) groups is 2.